The van der Waals surface area contributed by atoms with Crippen LogP contribution in [0, 0.1) is 0 Å². The Labute approximate surface area is 205 Å². The van der Waals surface area contributed by atoms with Crippen LogP contribution in [-0.4, -0.2) is 47.0 Å². The number of methoxy groups -OCH3 is 5. The second-order valence-corrected chi connectivity index (χ2v) is 8.74. The van der Waals surface area contributed by atoms with E-state index in [0.717, 1.165) is 54.1 Å². The molecular formula is C29H31NO5. The zero-order valence-corrected chi connectivity index (χ0v) is 20.9. The molecule has 0 fully saturated rings. The van der Waals surface area contributed by atoms with Crippen molar-refractivity contribution < 1.29 is 23.7 Å². The minimum atomic E-state index is 0.706. The van der Waals surface area contributed by atoms with Crippen molar-refractivity contribution >= 4 is 21.5 Å². The Morgan fingerprint density at radius 1 is 0.600 bits per heavy atom. The lowest BCUT2D eigenvalue weighted by atomic mass is 9.87. The third-order valence-electron chi connectivity index (χ3n) is 7.00. The Hall–Kier alpha value is -3.64. The maximum atomic E-state index is 5.68. The van der Waals surface area contributed by atoms with Gasteiger partial charge in [0.05, 0.1) is 35.5 Å². The summed E-state index contributed by atoms with van der Waals surface area (Å²) in [5.74, 6) is 3.80. The molecule has 4 aromatic carbocycles. The van der Waals surface area contributed by atoms with Crippen LogP contribution in [-0.2, 0) is 19.5 Å². The molecule has 0 amide bonds. The summed E-state index contributed by atoms with van der Waals surface area (Å²) >= 11 is 0. The quantitative estimate of drug-likeness (QED) is 0.326. The molecule has 35 heavy (non-hydrogen) atoms. The van der Waals surface area contributed by atoms with Crippen LogP contribution < -0.4 is 23.7 Å². The first-order valence-electron chi connectivity index (χ1n) is 11.7. The summed E-state index contributed by atoms with van der Waals surface area (Å²) in [6, 6.07) is 16.6. The van der Waals surface area contributed by atoms with Crippen molar-refractivity contribution in [1.29, 1.82) is 0 Å². The van der Waals surface area contributed by atoms with Gasteiger partial charge in [0, 0.05) is 25.2 Å². The molecule has 6 nitrogen and oxygen atoms in total. The van der Waals surface area contributed by atoms with Crippen molar-refractivity contribution in [2.75, 3.05) is 42.1 Å². The Kier molecular flexibility index (Phi) is 6.31. The van der Waals surface area contributed by atoms with Crippen LogP contribution in [0.15, 0.2) is 48.5 Å². The van der Waals surface area contributed by atoms with Gasteiger partial charge in [-0.3, -0.25) is 4.90 Å². The average molecular weight is 474 g/mol. The molecular weight excluding hydrogens is 442 g/mol. The molecule has 0 radical (unpaired) electrons. The number of ether oxygens (including phenoxy) is 5. The van der Waals surface area contributed by atoms with Crippen LogP contribution in [0.25, 0.3) is 21.5 Å². The predicted molar refractivity (Wildman–Crippen MR) is 138 cm³/mol. The van der Waals surface area contributed by atoms with Crippen molar-refractivity contribution in [3.63, 3.8) is 0 Å². The summed E-state index contributed by atoms with van der Waals surface area (Å²) in [4.78, 5) is 2.48. The van der Waals surface area contributed by atoms with E-state index in [1.807, 2.05) is 12.1 Å². The number of hydrogen-bond acceptors (Lipinski definition) is 6. The lowest BCUT2D eigenvalue weighted by molar-refractivity contribution is 0.243. The molecule has 0 atom stereocenters. The SMILES string of the molecule is COc1ccccc1CN1CCc2c(c3cc(OC)c(OC)cc3c3cc(OC)c(OC)cc23)C1. The first-order chi connectivity index (χ1) is 17.1. The van der Waals surface area contributed by atoms with Crippen LogP contribution in [0.3, 0.4) is 0 Å². The van der Waals surface area contributed by atoms with E-state index in [9.17, 15) is 0 Å². The van der Waals surface area contributed by atoms with E-state index in [0.29, 0.717) is 11.5 Å². The number of hydrogen-bond donors (Lipinski definition) is 0. The standard InChI is InChI=1S/C29H31NO5/c1-31-25-9-7-6-8-18(25)16-30-11-10-19-20-12-26(32-2)27(33-3)13-21(20)22-14-28(34-4)29(35-5)15-23(22)24(19)17-30/h6-9,12-15H,10-11,16-17H2,1-5H3. The van der Waals surface area contributed by atoms with Crippen LogP contribution in [0.5, 0.6) is 28.7 Å². The van der Waals surface area contributed by atoms with Crippen molar-refractivity contribution in [3.8, 4) is 28.7 Å². The number of nitrogens with zero attached hydrogens (tertiary/aromatic N) is 1. The molecule has 0 bridgehead atoms. The fourth-order valence-electron chi connectivity index (χ4n) is 5.28. The van der Waals surface area contributed by atoms with Crippen LogP contribution in [0.2, 0.25) is 0 Å². The Bertz CT molecular complexity index is 1400. The number of fused-ring (bicyclic) bond motifs is 6. The molecule has 0 N–H and O–H groups in total. The molecule has 0 saturated heterocycles. The molecule has 0 unspecified atom stereocenters. The van der Waals surface area contributed by atoms with Gasteiger partial charge in [0.2, 0.25) is 0 Å². The molecule has 1 heterocycles. The fraction of sp³-hybridized carbons (Fsp3) is 0.310. The van der Waals surface area contributed by atoms with Crippen molar-refractivity contribution in [1.82, 2.24) is 4.90 Å². The third-order valence-corrected chi connectivity index (χ3v) is 7.00. The van der Waals surface area contributed by atoms with Gasteiger partial charge in [-0.25, -0.2) is 0 Å². The van der Waals surface area contributed by atoms with Crippen molar-refractivity contribution in [2.45, 2.75) is 19.5 Å². The van der Waals surface area contributed by atoms with Gasteiger partial charge in [-0.1, -0.05) is 18.2 Å². The molecule has 0 aromatic heterocycles. The summed E-state index contributed by atoms with van der Waals surface area (Å²) in [6.45, 7) is 2.60. The van der Waals surface area contributed by atoms with E-state index in [2.05, 4.69) is 41.3 Å². The monoisotopic (exact) mass is 473 g/mol. The van der Waals surface area contributed by atoms with Gasteiger partial charge in [-0.15, -0.1) is 0 Å². The average Bonchev–Trinajstić information content (AvgIpc) is 2.91. The zero-order chi connectivity index (χ0) is 24.5. The van der Waals surface area contributed by atoms with Gasteiger partial charge >= 0.3 is 0 Å². The van der Waals surface area contributed by atoms with E-state index in [1.54, 1.807) is 35.5 Å². The van der Waals surface area contributed by atoms with E-state index in [4.69, 9.17) is 23.7 Å². The molecule has 1 aliphatic heterocycles. The van der Waals surface area contributed by atoms with Gasteiger partial charge in [-0.05, 0) is 69.4 Å². The van der Waals surface area contributed by atoms with Crippen molar-refractivity contribution in [2.24, 2.45) is 0 Å². The Morgan fingerprint density at radius 2 is 1.09 bits per heavy atom. The minimum absolute atomic E-state index is 0.706. The lowest BCUT2D eigenvalue weighted by Gasteiger charge is -2.32. The molecule has 0 aliphatic carbocycles. The maximum absolute atomic E-state index is 5.68. The van der Waals surface area contributed by atoms with E-state index >= 15 is 0 Å². The largest absolute Gasteiger partial charge is 0.496 e. The molecule has 0 spiro atoms. The fourth-order valence-corrected chi connectivity index (χ4v) is 5.28. The summed E-state index contributed by atoms with van der Waals surface area (Å²) in [6.07, 6.45) is 0.931. The number of benzene rings is 4. The number of rotatable bonds is 7. The van der Waals surface area contributed by atoms with Crippen molar-refractivity contribution in [3.05, 3.63) is 65.2 Å². The first kappa shape index (κ1) is 23.1. The van der Waals surface area contributed by atoms with Crippen LogP contribution >= 0.6 is 0 Å². The highest BCUT2D eigenvalue weighted by molar-refractivity contribution is 6.12. The summed E-state index contributed by atoms with van der Waals surface area (Å²) in [5, 5.41) is 4.59. The van der Waals surface area contributed by atoms with Crippen LogP contribution in [0.4, 0.5) is 0 Å². The van der Waals surface area contributed by atoms with Gasteiger partial charge in [-0.2, -0.15) is 0 Å². The summed E-state index contributed by atoms with van der Waals surface area (Å²) in [5.41, 5.74) is 3.84. The Balaban J connectivity index is 1.71. The zero-order valence-electron chi connectivity index (χ0n) is 20.9. The first-order valence-corrected chi connectivity index (χ1v) is 11.7. The molecule has 5 rings (SSSR count). The van der Waals surface area contributed by atoms with E-state index in [-0.39, 0.29) is 0 Å². The maximum Gasteiger partial charge on any atom is 0.161 e. The molecule has 182 valence electrons. The summed E-state index contributed by atoms with van der Waals surface area (Å²) < 4.78 is 28.2. The topological polar surface area (TPSA) is 49.4 Å². The smallest absolute Gasteiger partial charge is 0.161 e. The molecule has 0 saturated carbocycles. The van der Waals surface area contributed by atoms with Gasteiger partial charge in [0.25, 0.3) is 0 Å². The normalized spacial score (nSPS) is 13.5. The summed E-state index contributed by atoms with van der Waals surface area (Å²) in [7, 11) is 8.43. The Morgan fingerprint density at radius 3 is 1.63 bits per heavy atom. The molecule has 4 aromatic rings. The lowest BCUT2D eigenvalue weighted by Crippen LogP contribution is -2.30. The highest BCUT2D eigenvalue weighted by atomic mass is 16.5. The second-order valence-electron chi connectivity index (χ2n) is 8.74. The highest BCUT2D eigenvalue weighted by Gasteiger charge is 2.25. The van der Waals surface area contributed by atoms with Crippen LogP contribution in [0.1, 0.15) is 16.7 Å². The number of para-hydroxylation sites is 1. The minimum Gasteiger partial charge on any atom is -0.496 e. The predicted octanol–water partition coefficient (Wildman–Crippen LogP) is 5.59. The second kappa shape index (κ2) is 9.55. The van der Waals surface area contributed by atoms with Gasteiger partial charge in [0.15, 0.2) is 23.0 Å². The van der Waals surface area contributed by atoms with E-state index in [1.165, 1.54) is 27.5 Å². The highest BCUT2D eigenvalue weighted by Crippen LogP contribution is 2.44. The third kappa shape index (κ3) is 3.98. The molecule has 6 heteroatoms. The molecule has 1 aliphatic rings. The van der Waals surface area contributed by atoms with E-state index < -0.39 is 0 Å². The van der Waals surface area contributed by atoms with Gasteiger partial charge in [0.1, 0.15) is 5.75 Å². The van der Waals surface area contributed by atoms with Gasteiger partial charge < -0.3 is 23.7 Å².